The summed E-state index contributed by atoms with van der Waals surface area (Å²) < 4.78 is 1.84. The zero-order chi connectivity index (χ0) is 16.4. The minimum absolute atomic E-state index is 0.141. The third-order valence-electron chi connectivity index (χ3n) is 5.00. The molecule has 4 heteroatoms. The SMILES string of the molecule is CCn1cc(C(=O)O)c(=O)c2cc(C3CCCCCC3)ccc21. The Kier molecular flexibility index (Phi) is 4.51. The number of nitrogens with zero attached hydrogens (tertiary/aromatic N) is 1. The van der Waals surface area contributed by atoms with Crippen LogP contribution in [0.15, 0.2) is 29.2 Å². The van der Waals surface area contributed by atoms with Gasteiger partial charge in [0.25, 0.3) is 0 Å². The number of hydrogen-bond donors (Lipinski definition) is 1. The molecule has 0 radical (unpaired) electrons. The van der Waals surface area contributed by atoms with Crippen molar-refractivity contribution in [2.24, 2.45) is 0 Å². The number of carbonyl (C=O) groups is 1. The fraction of sp³-hybridized carbons (Fsp3) is 0.474. The minimum atomic E-state index is -1.15. The number of carboxylic acid groups (broad SMARTS) is 1. The van der Waals surface area contributed by atoms with Gasteiger partial charge in [-0.15, -0.1) is 0 Å². The molecule has 1 aliphatic rings. The van der Waals surface area contributed by atoms with Gasteiger partial charge in [0, 0.05) is 18.1 Å². The number of rotatable bonds is 3. The van der Waals surface area contributed by atoms with Crippen molar-refractivity contribution in [3.8, 4) is 0 Å². The van der Waals surface area contributed by atoms with E-state index in [9.17, 15) is 14.7 Å². The van der Waals surface area contributed by atoms with E-state index in [1.807, 2.05) is 23.6 Å². The maximum absolute atomic E-state index is 12.5. The van der Waals surface area contributed by atoms with Gasteiger partial charge in [-0.05, 0) is 43.4 Å². The average Bonchev–Trinajstić information content (AvgIpc) is 2.84. The molecule has 122 valence electrons. The largest absolute Gasteiger partial charge is 0.477 e. The molecule has 1 fully saturated rings. The molecule has 2 aromatic rings. The van der Waals surface area contributed by atoms with Gasteiger partial charge in [0.2, 0.25) is 5.43 Å². The quantitative estimate of drug-likeness (QED) is 0.866. The van der Waals surface area contributed by atoms with Crippen LogP contribution in [0.5, 0.6) is 0 Å². The number of aromatic carboxylic acids is 1. The second-order valence-electron chi connectivity index (χ2n) is 6.43. The highest BCUT2D eigenvalue weighted by Crippen LogP contribution is 2.32. The molecular formula is C19H23NO3. The number of benzene rings is 1. The maximum atomic E-state index is 12.5. The van der Waals surface area contributed by atoms with E-state index >= 15 is 0 Å². The van der Waals surface area contributed by atoms with E-state index in [4.69, 9.17) is 0 Å². The molecule has 0 saturated heterocycles. The van der Waals surface area contributed by atoms with Gasteiger partial charge in [0.15, 0.2) is 0 Å². The van der Waals surface area contributed by atoms with Crippen LogP contribution >= 0.6 is 0 Å². The van der Waals surface area contributed by atoms with Gasteiger partial charge in [-0.25, -0.2) is 4.79 Å². The van der Waals surface area contributed by atoms with E-state index in [1.54, 1.807) is 0 Å². The Balaban J connectivity index is 2.15. The first kappa shape index (κ1) is 15.8. The van der Waals surface area contributed by atoms with E-state index in [1.165, 1.54) is 37.4 Å². The second-order valence-corrected chi connectivity index (χ2v) is 6.43. The van der Waals surface area contributed by atoms with E-state index in [-0.39, 0.29) is 11.0 Å². The first-order valence-corrected chi connectivity index (χ1v) is 8.52. The predicted molar refractivity (Wildman–Crippen MR) is 91.3 cm³/mol. The molecule has 0 aliphatic heterocycles. The number of hydrogen-bond acceptors (Lipinski definition) is 2. The molecule has 0 atom stereocenters. The first-order chi connectivity index (χ1) is 11.1. The molecule has 3 rings (SSSR count). The van der Waals surface area contributed by atoms with Crippen molar-refractivity contribution in [3.05, 3.63) is 45.7 Å². The lowest BCUT2D eigenvalue weighted by molar-refractivity contribution is 0.0695. The molecule has 1 aromatic carbocycles. The van der Waals surface area contributed by atoms with Gasteiger partial charge in [-0.3, -0.25) is 4.79 Å². The Labute approximate surface area is 135 Å². The molecular weight excluding hydrogens is 290 g/mol. The van der Waals surface area contributed by atoms with Crippen LogP contribution in [0.25, 0.3) is 10.9 Å². The summed E-state index contributed by atoms with van der Waals surface area (Å²) in [5.41, 5.74) is 1.49. The van der Waals surface area contributed by atoms with Crippen molar-refractivity contribution in [2.45, 2.75) is 57.9 Å². The molecule has 1 aliphatic carbocycles. The number of fused-ring (bicyclic) bond motifs is 1. The molecule has 0 bridgehead atoms. The molecule has 23 heavy (non-hydrogen) atoms. The molecule has 0 spiro atoms. The van der Waals surface area contributed by atoms with Crippen LogP contribution in [-0.2, 0) is 6.54 Å². The Bertz CT molecular complexity index is 783. The zero-order valence-corrected chi connectivity index (χ0v) is 13.5. The maximum Gasteiger partial charge on any atom is 0.341 e. The summed E-state index contributed by atoms with van der Waals surface area (Å²) in [5.74, 6) is -0.663. The topological polar surface area (TPSA) is 59.3 Å². The first-order valence-electron chi connectivity index (χ1n) is 8.52. The van der Waals surface area contributed by atoms with Crippen LogP contribution < -0.4 is 5.43 Å². The molecule has 0 unspecified atom stereocenters. The second kappa shape index (κ2) is 6.57. The third-order valence-corrected chi connectivity index (χ3v) is 5.00. The van der Waals surface area contributed by atoms with E-state index in [2.05, 4.69) is 6.07 Å². The Hall–Kier alpha value is -2.10. The van der Waals surface area contributed by atoms with Crippen LogP contribution in [-0.4, -0.2) is 15.6 Å². The molecule has 4 nitrogen and oxygen atoms in total. The van der Waals surface area contributed by atoms with Crippen LogP contribution in [0.2, 0.25) is 0 Å². The van der Waals surface area contributed by atoms with Gasteiger partial charge >= 0.3 is 5.97 Å². The van der Waals surface area contributed by atoms with Gasteiger partial charge in [-0.1, -0.05) is 31.7 Å². The predicted octanol–water partition coefficient (Wildman–Crippen LogP) is 4.16. The van der Waals surface area contributed by atoms with Crippen molar-refractivity contribution >= 4 is 16.9 Å². The summed E-state index contributed by atoms with van der Waals surface area (Å²) in [4.78, 5) is 23.9. The summed E-state index contributed by atoms with van der Waals surface area (Å²) in [6.45, 7) is 2.59. The van der Waals surface area contributed by atoms with E-state index in [0.29, 0.717) is 17.8 Å². The minimum Gasteiger partial charge on any atom is -0.477 e. The lowest BCUT2D eigenvalue weighted by atomic mass is 9.90. The van der Waals surface area contributed by atoms with Crippen molar-refractivity contribution in [1.82, 2.24) is 4.57 Å². The van der Waals surface area contributed by atoms with Crippen molar-refractivity contribution in [3.63, 3.8) is 0 Å². The lowest BCUT2D eigenvalue weighted by Gasteiger charge is -2.17. The number of pyridine rings is 1. The summed E-state index contributed by atoms with van der Waals surface area (Å²) in [5, 5.41) is 9.82. The van der Waals surface area contributed by atoms with Crippen LogP contribution in [0.1, 0.15) is 67.3 Å². The van der Waals surface area contributed by atoms with Gasteiger partial charge in [-0.2, -0.15) is 0 Å². The van der Waals surface area contributed by atoms with Gasteiger partial charge in [0.1, 0.15) is 5.56 Å². The summed E-state index contributed by atoms with van der Waals surface area (Å²) in [6.07, 6.45) is 8.82. The van der Waals surface area contributed by atoms with Crippen LogP contribution in [0.3, 0.4) is 0 Å². The Morgan fingerprint density at radius 1 is 1.22 bits per heavy atom. The smallest absolute Gasteiger partial charge is 0.341 e. The Morgan fingerprint density at radius 2 is 1.91 bits per heavy atom. The zero-order valence-electron chi connectivity index (χ0n) is 13.5. The highest BCUT2D eigenvalue weighted by molar-refractivity contribution is 5.92. The summed E-state index contributed by atoms with van der Waals surface area (Å²) in [6, 6.07) is 6.03. The monoisotopic (exact) mass is 313 g/mol. The third kappa shape index (κ3) is 3.03. The fourth-order valence-corrected chi connectivity index (χ4v) is 3.70. The van der Waals surface area contributed by atoms with Gasteiger partial charge < -0.3 is 9.67 Å². The average molecular weight is 313 g/mol. The molecule has 0 amide bonds. The fourth-order valence-electron chi connectivity index (χ4n) is 3.70. The summed E-state index contributed by atoms with van der Waals surface area (Å²) >= 11 is 0. The van der Waals surface area contributed by atoms with Crippen molar-refractivity contribution < 1.29 is 9.90 Å². The van der Waals surface area contributed by atoms with E-state index in [0.717, 1.165) is 18.4 Å². The molecule has 1 N–H and O–H groups in total. The normalized spacial score (nSPS) is 16.4. The molecule has 1 heterocycles. The summed E-state index contributed by atoms with van der Waals surface area (Å²) in [7, 11) is 0. The molecule has 1 aromatic heterocycles. The van der Waals surface area contributed by atoms with Gasteiger partial charge in [0.05, 0.1) is 5.52 Å². The lowest BCUT2D eigenvalue weighted by Crippen LogP contribution is -2.19. The van der Waals surface area contributed by atoms with Crippen LogP contribution in [0, 0.1) is 0 Å². The molecule has 1 saturated carbocycles. The highest BCUT2D eigenvalue weighted by Gasteiger charge is 2.18. The van der Waals surface area contributed by atoms with Crippen LogP contribution in [0.4, 0.5) is 0 Å². The number of carboxylic acids is 1. The number of aromatic nitrogens is 1. The number of aryl methyl sites for hydroxylation is 1. The highest BCUT2D eigenvalue weighted by atomic mass is 16.4. The van der Waals surface area contributed by atoms with Crippen molar-refractivity contribution in [1.29, 1.82) is 0 Å². The Morgan fingerprint density at radius 3 is 2.52 bits per heavy atom. The van der Waals surface area contributed by atoms with Crippen molar-refractivity contribution in [2.75, 3.05) is 0 Å². The van der Waals surface area contributed by atoms with E-state index < -0.39 is 5.97 Å². The standard InChI is InChI=1S/C19H23NO3/c1-2-20-12-16(19(22)23)18(21)15-11-14(9-10-17(15)20)13-7-5-3-4-6-8-13/h9-13H,2-8H2,1H3,(H,22,23).